The number of guanidine groups is 1. The Morgan fingerprint density at radius 2 is 2.11 bits per heavy atom. The second-order valence-electron chi connectivity index (χ2n) is 7.73. The van der Waals surface area contributed by atoms with Crippen LogP contribution in [0, 0.1) is 6.92 Å². The van der Waals surface area contributed by atoms with Gasteiger partial charge >= 0.3 is 0 Å². The Morgan fingerprint density at radius 3 is 3.00 bits per heavy atom. The third-order valence-corrected chi connectivity index (χ3v) is 5.58. The smallest absolute Gasteiger partial charge is 0.191 e. The van der Waals surface area contributed by atoms with Crippen LogP contribution in [-0.2, 0) is 32.4 Å². The van der Waals surface area contributed by atoms with Crippen molar-refractivity contribution in [1.29, 1.82) is 0 Å². The predicted molar refractivity (Wildman–Crippen MR) is 107 cm³/mol. The molecule has 0 aromatic carbocycles. The maximum atomic E-state index is 4.47. The number of rotatable bonds is 5. The second kappa shape index (κ2) is 8.70. The first-order valence-corrected chi connectivity index (χ1v) is 10.5. The molecule has 2 aromatic heterocycles. The standard InChI is InChI=1S/C19H31N9/c1-14-22-16-10-9-15(13-28(16)26-14)23-19(20-2)21-11-6-8-18-25-24-17-7-4-3-5-12-27(17)18/h15H,3-13H2,1-2H3,(H2,20,21,23). The second-order valence-corrected chi connectivity index (χ2v) is 7.73. The van der Waals surface area contributed by atoms with E-state index >= 15 is 0 Å². The van der Waals surface area contributed by atoms with Crippen LogP contribution in [0.4, 0.5) is 0 Å². The van der Waals surface area contributed by atoms with Crippen molar-refractivity contribution in [2.45, 2.75) is 77.4 Å². The molecular formula is C19H31N9. The molecule has 4 heterocycles. The van der Waals surface area contributed by atoms with Gasteiger partial charge < -0.3 is 15.2 Å². The monoisotopic (exact) mass is 385 g/mol. The average molecular weight is 386 g/mol. The zero-order chi connectivity index (χ0) is 19.3. The first-order valence-electron chi connectivity index (χ1n) is 10.5. The fraction of sp³-hybridized carbons (Fsp3) is 0.737. The van der Waals surface area contributed by atoms with Crippen LogP contribution in [0.5, 0.6) is 0 Å². The number of hydrogen-bond donors (Lipinski definition) is 2. The molecule has 152 valence electrons. The van der Waals surface area contributed by atoms with E-state index in [9.17, 15) is 0 Å². The summed E-state index contributed by atoms with van der Waals surface area (Å²) in [6, 6.07) is 0.326. The zero-order valence-corrected chi connectivity index (χ0v) is 17.0. The van der Waals surface area contributed by atoms with Gasteiger partial charge in [0.1, 0.15) is 23.3 Å². The van der Waals surface area contributed by atoms with E-state index in [0.29, 0.717) is 6.04 Å². The van der Waals surface area contributed by atoms with Gasteiger partial charge in [0.05, 0.1) is 6.54 Å². The predicted octanol–water partition coefficient (Wildman–Crippen LogP) is 1.02. The van der Waals surface area contributed by atoms with Crippen molar-refractivity contribution in [3.05, 3.63) is 23.3 Å². The third-order valence-electron chi connectivity index (χ3n) is 5.58. The molecule has 0 saturated heterocycles. The van der Waals surface area contributed by atoms with Crippen molar-refractivity contribution < 1.29 is 0 Å². The normalized spacial score (nSPS) is 19.6. The molecule has 9 heteroatoms. The maximum Gasteiger partial charge on any atom is 0.191 e. The Bertz CT molecular complexity index is 819. The van der Waals surface area contributed by atoms with Crippen molar-refractivity contribution >= 4 is 5.96 Å². The molecule has 0 aliphatic carbocycles. The number of hydrogen-bond acceptors (Lipinski definition) is 5. The molecule has 0 amide bonds. The fourth-order valence-electron chi connectivity index (χ4n) is 4.12. The summed E-state index contributed by atoms with van der Waals surface area (Å²) in [5.41, 5.74) is 0. The minimum Gasteiger partial charge on any atom is -0.356 e. The SMILES string of the molecule is CN=C(NCCCc1nnc2n1CCCCC2)NC1CCc2nc(C)nn2C1. The van der Waals surface area contributed by atoms with Gasteiger partial charge in [-0.1, -0.05) is 6.42 Å². The van der Waals surface area contributed by atoms with Gasteiger partial charge in [0.25, 0.3) is 0 Å². The minimum atomic E-state index is 0.326. The molecule has 0 radical (unpaired) electrons. The summed E-state index contributed by atoms with van der Waals surface area (Å²) in [7, 11) is 1.82. The lowest BCUT2D eigenvalue weighted by atomic mass is 10.1. The average Bonchev–Trinajstić information content (AvgIpc) is 3.17. The quantitative estimate of drug-likeness (QED) is 0.453. The van der Waals surface area contributed by atoms with Crippen LogP contribution < -0.4 is 10.6 Å². The Labute approximate surface area is 166 Å². The zero-order valence-electron chi connectivity index (χ0n) is 17.0. The van der Waals surface area contributed by atoms with Crippen molar-refractivity contribution in [2.24, 2.45) is 4.99 Å². The molecule has 2 aliphatic heterocycles. The van der Waals surface area contributed by atoms with Crippen LogP contribution >= 0.6 is 0 Å². The van der Waals surface area contributed by atoms with Gasteiger partial charge in [-0.15, -0.1) is 10.2 Å². The molecule has 1 unspecified atom stereocenters. The van der Waals surface area contributed by atoms with Gasteiger partial charge in [0, 0.05) is 45.4 Å². The van der Waals surface area contributed by atoms with E-state index in [0.717, 1.165) is 81.0 Å². The van der Waals surface area contributed by atoms with Gasteiger partial charge in [-0.2, -0.15) is 5.10 Å². The van der Waals surface area contributed by atoms with E-state index in [1.54, 1.807) is 0 Å². The van der Waals surface area contributed by atoms with E-state index in [2.05, 4.69) is 40.5 Å². The van der Waals surface area contributed by atoms with Gasteiger partial charge in [-0.05, 0) is 32.6 Å². The third kappa shape index (κ3) is 4.34. The van der Waals surface area contributed by atoms with E-state index < -0.39 is 0 Å². The molecule has 2 N–H and O–H groups in total. The number of fused-ring (bicyclic) bond motifs is 2. The van der Waals surface area contributed by atoms with Crippen LogP contribution in [0.25, 0.3) is 0 Å². The number of nitrogens with zero attached hydrogens (tertiary/aromatic N) is 7. The van der Waals surface area contributed by atoms with Gasteiger partial charge in [-0.25, -0.2) is 9.67 Å². The Morgan fingerprint density at radius 1 is 1.18 bits per heavy atom. The Hall–Kier alpha value is -2.45. The molecular weight excluding hydrogens is 354 g/mol. The fourth-order valence-corrected chi connectivity index (χ4v) is 4.12. The van der Waals surface area contributed by atoms with Crippen LogP contribution in [-0.4, -0.2) is 55.1 Å². The highest BCUT2D eigenvalue weighted by molar-refractivity contribution is 5.79. The van der Waals surface area contributed by atoms with Crippen molar-refractivity contribution in [1.82, 2.24) is 40.2 Å². The molecule has 0 bridgehead atoms. The molecule has 2 aromatic rings. The summed E-state index contributed by atoms with van der Waals surface area (Å²) in [5.74, 6) is 5.08. The maximum absolute atomic E-state index is 4.47. The minimum absolute atomic E-state index is 0.326. The highest BCUT2D eigenvalue weighted by Gasteiger charge is 2.21. The van der Waals surface area contributed by atoms with Crippen molar-refractivity contribution in [3.8, 4) is 0 Å². The summed E-state index contributed by atoms with van der Waals surface area (Å²) < 4.78 is 4.35. The van der Waals surface area contributed by atoms with Gasteiger partial charge in [-0.3, -0.25) is 4.99 Å². The summed E-state index contributed by atoms with van der Waals surface area (Å²) in [6.07, 6.45) is 8.79. The molecule has 28 heavy (non-hydrogen) atoms. The Balaban J connectivity index is 1.23. The molecule has 1 atom stereocenters. The van der Waals surface area contributed by atoms with Crippen LogP contribution in [0.3, 0.4) is 0 Å². The molecule has 2 aliphatic rings. The Kier molecular flexibility index (Phi) is 5.87. The lowest BCUT2D eigenvalue weighted by Crippen LogP contribution is -2.47. The number of aromatic nitrogens is 6. The van der Waals surface area contributed by atoms with Crippen LogP contribution in [0.15, 0.2) is 4.99 Å². The van der Waals surface area contributed by atoms with E-state index in [4.69, 9.17) is 0 Å². The molecule has 0 saturated carbocycles. The first kappa shape index (κ1) is 18.9. The van der Waals surface area contributed by atoms with E-state index in [-0.39, 0.29) is 0 Å². The summed E-state index contributed by atoms with van der Waals surface area (Å²) in [6.45, 7) is 4.72. The lowest BCUT2D eigenvalue weighted by Gasteiger charge is -2.25. The van der Waals surface area contributed by atoms with E-state index in [1.165, 1.54) is 19.3 Å². The van der Waals surface area contributed by atoms with E-state index in [1.807, 2.05) is 18.7 Å². The number of aliphatic imine (C=N–C) groups is 1. The number of nitrogens with one attached hydrogen (secondary N) is 2. The first-order chi connectivity index (χ1) is 13.7. The summed E-state index contributed by atoms with van der Waals surface area (Å²) in [5, 5.41) is 20.2. The molecule has 0 spiro atoms. The van der Waals surface area contributed by atoms with Gasteiger partial charge in [0.2, 0.25) is 0 Å². The van der Waals surface area contributed by atoms with Crippen molar-refractivity contribution in [2.75, 3.05) is 13.6 Å². The largest absolute Gasteiger partial charge is 0.356 e. The van der Waals surface area contributed by atoms with Gasteiger partial charge in [0.15, 0.2) is 5.96 Å². The lowest BCUT2D eigenvalue weighted by molar-refractivity contribution is 0.392. The van der Waals surface area contributed by atoms with Crippen LogP contribution in [0.2, 0.25) is 0 Å². The topological polar surface area (TPSA) is 97.8 Å². The van der Waals surface area contributed by atoms with Crippen molar-refractivity contribution in [3.63, 3.8) is 0 Å². The molecule has 0 fully saturated rings. The number of aryl methyl sites for hydroxylation is 4. The summed E-state index contributed by atoms with van der Waals surface area (Å²) >= 11 is 0. The highest BCUT2D eigenvalue weighted by Crippen LogP contribution is 2.15. The van der Waals surface area contributed by atoms with Crippen LogP contribution in [0.1, 0.15) is 55.4 Å². The highest BCUT2D eigenvalue weighted by atomic mass is 15.4. The molecule has 9 nitrogen and oxygen atoms in total. The summed E-state index contributed by atoms with van der Waals surface area (Å²) in [4.78, 5) is 8.85. The molecule has 4 rings (SSSR count).